The lowest BCUT2D eigenvalue weighted by Gasteiger charge is -2.36. The van der Waals surface area contributed by atoms with Crippen molar-refractivity contribution in [3.8, 4) is 0 Å². The number of piperidine rings is 1. The summed E-state index contributed by atoms with van der Waals surface area (Å²) in [7, 11) is -1.67. The lowest BCUT2D eigenvalue weighted by atomic mass is 9.95. The molecule has 1 aliphatic heterocycles. The third kappa shape index (κ3) is 6.46. The van der Waals surface area contributed by atoms with Crippen molar-refractivity contribution in [1.29, 1.82) is 0 Å². The normalized spacial score (nSPS) is 17.6. The Morgan fingerprint density at radius 2 is 1.93 bits per heavy atom. The molecule has 0 bridgehead atoms. The molecule has 8 heteroatoms. The predicted octanol–water partition coefficient (Wildman–Crippen LogP) is 2.97. The third-order valence-corrected chi connectivity index (χ3v) is 6.05. The Hall–Kier alpha value is -1.64. The van der Waals surface area contributed by atoms with Gasteiger partial charge in [0.15, 0.2) is 0 Å². The van der Waals surface area contributed by atoms with E-state index in [4.69, 9.17) is 9.88 Å². The maximum Gasteiger partial charge on any atom is 0.410 e. The van der Waals surface area contributed by atoms with Gasteiger partial charge in [0.2, 0.25) is 10.0 Å². The average molecular weight is 412 g/mol. The fourth-order valence-electron chi connectivity index (χ4n) is 3.40. The quantitative estimate of drug-likeness (QED) is 0.804. The molecule has 2 N–H and O–H groups in total. The molecule has 1 aromatic carbocycles. The highest BCUT2D eigenvalue weighted by atomic mass is 32.2. The van der Waals surface area contributed by atoms with E-state index in [-0.39, 0.29) is 17.0 Å². The number of sulfonamides is 1. The molecule has 158 valence electrons. The fraction of sp³-hybridized carbons (Fsp3) is 0.650. The molecule has 1 fully saturated rings. The SMILES string of the molecule is C[C@@H](c1cccc(S(N)(=O)=O)c1)N(C)CC1CCN(C(=O)OC(C)(C)C)CC1. The Balaban J connectivity index is 1.90. The molecule has 0 aliphatic carbocycles. The summed E-state index contributed by atoms with van der Waals surface area (Å²) in [5.41, 5.74) is 0.440. The molecule has 0 unspecified atom stereocenters. The molecule has 1 aromatic rings. The van der Waals surface area contributed by atoms with Gasteiger partial charge >= 0.3 is 6.09 Å². The lowest BCUT2D eigenvalue weighted by Crippen LogP contribution is -2.43. The Kier molecular flexibility index (Phi) is 7.12. The number of rotatable bonds is 5. The van der Waals surface area contributed by atoms with Gasteiger partial charge in [0, 0.05) is 25.7 Å². The number of nitrogens with zero attached hydrogens (tertiary/aromatic N) is 2. The highest BCUT2D eigenvalue weighted by Gasteiger charge is 2.28. The van der Waals surface area contributed by atoms with Crippen LogP contribution in [-0.2, 0) is 14.8 Å². The van der Waals surface area contributed by atoms with Crippen molar-refractivity contribution in [2.45, 2.75) is 57.1 Å². The van der Waals surface area contributed by atoms with Crippen LogP contribution in [0, 0.1) is 5.92 Å². The molecular formula is C20H33N3O4S. The van der Waals surface area contributed by atoms with E-state index in [2.05, 4.69) is 11.8 Å². The van der Waals surface area contributed by atoms with Crippen LogP contribution >= 0.6 is 0 Å². The van der Waals surface area contributed by atoms with Crippen LogP contribution in [-0.4, -0.2) is 56.6 Å². The molecule has 2 rings (SSSR count). The van der Waals surface area contributed by atoms with Gasteiger partial charge in [0.05, 0.1) is 4.90 Å². The second kappa shape index (κ2) is 8.80. The predicted molar refractivity (Wildman–Crippen MR) is 109 cm³/mol. The van der Waals surface area contributed by atoms with Crippen LogP contribution in [0.15, 0.2) is 29.2 Å². The van der Waals surface area contributed by atoms with Crippen molar-refractivity contribution in [3.63, 3.8) is 0 Å². The van der Waals surface area contributed by atoms with Gasteiger partial charge in [-0.1, -0.05) is 12.1 Å². The Morgan fingerprint density at radius 1 is 1.32 bits per heavy atom. The van der Waals surface area contributed by atoms with Crippen LogP contribution in [0.2, 0.25) is 0 Å². The van der Waals surface area contributed by atoms with E-state index in [0.717, 1.165) is 24.9 Å². The summed E-state index contributed by atoms with van der Waals surface area (Å²) in [6.07, 6.45) is 1.61. The molecule has 28 heavy (non-hydrogen) atoms. The summed E-state index contributed by atoms with van der Waals surface area (Å²) in [6.45, 7) is 9.95. The minimum absolute atomic E-state index is 0.0607. The molecule has 0 radical (unpaired) electrons. The van der Waals surface area contributed by atoms with Crippen molar-refractivity contribution >= 4 is 16.1 Å². The lowest BCUT2D eigenvalue weighted by molar-refractivity contribution is 0.0168. The van der Waals surface area contributed by atoms with Crippen molar-refractivity contribution in [2.24, 2.45) is 11.1 Å². The Labute approximate surface area is 168 Å². The van der Waals surface area contributed by atoms with E-state index in [1.807, 2.05) is 33.9 Å². The first-order chi connectivity index (χ1) is 12.9. The summed E-state index contributed by atoms with van der Waals surface area (Å²) >= 11 is 0. The van der Waals surface area contributed by atoms with E-state index in [0.29, 0.717) is 19.0 Å². The molecule has 1 saturated heterocycles. The number of carbonyl (C=O) groups is 1. The summed E-state index contributed by atoms with van der Waals surface area (Å²) < 4.78 is 28.6. The van der Waals surface area contributed by atoms with Gasteiger partial charge in [-0.25, -0.2) is 18.4 Å². The first-order valence-corrected chi connectivity index (χ1v) is 11.2. The summed E-state index contributed by atoms with van der Waals surface area (Å²) in [5, 5.41) is 5.24. The Bertz CT molecular complexity index is 781. The minimum Gasteiger partial charge on any atom is -0.444 e. The smallest absolute Gasteiger partial charge is 0.410 e. The average Bonchev–Trinajstić information content (AvgIpc) is 2.59. The molecule has 0 saturated carbocycles. The van der Waals surface area contributed by atoms with Crippen LogP contribution in [0.25, 0.3) is 0 Å². The zero-order valence-corrected chi connectivity index (χ0v) is 18.3. The van der Waals surface area contributed by atoms with E-state index in [1.165, 1.54) is 6.07 Å². The van der Waals surface area contributed by atoms with Gasteiger partial charge in [0.25, 0.3) is 0 Å². The highest BCUT2D eigenvalue weighted by molar-refractivity contribution is 7.89. The van der Waals surface area contributed by atoms with Gasteiger partial charge in [0.1, 0.15) is 5.60 Å². The number of carbonyl (C=O) groups excluding carboxylic acids is 1. The second-order valence-corrected chi connectivity index (χ2v) is 10.2. The van der Waals surface area contributed by atoms with Crippen molar-refractivity contribution in [2.75, 3.05) is 26.7 Å². The van der Waals surface area contributed by atoms with Gasteiger partial charge in [-0.15, -0.1) is 0 Å². The van der Waals surface area contributed by atoms with E-state index in [9.17, 15) is 13.2 Å². The van der Waals surface area contributed by atoms with Crippen LogP contribution in [0.5, 0.6) is 0 Å². The first-order valence-electron chi connectivity index (χ1n) is 9.68. The minimum atomic E-state index is -3.71. The fourth-order valence-corrected chi connectivity index (χ4v) is 3.96. The summed E-state index contributed by atoms with van der Waals surface area (Å²) in [4.78, 5) is 16.3. The molecule has 0 aromatic heterocycles. The highest BCUT2D eigenvalue weighted by Crippen LogP contribution is 2.26. The topological polar surface area (TPSA) is 92.9 Å². The van der Waals surface area contributed by atoms with Gasteiger partial charge in [-0.3, -0.25) is 4.90 Å². The third-order valence-electron chi connectivity index (χ3n) is 5.14. The van der Waals surface area contributed by atoms with Gasteiger partial charge < -0.3 is 9.64 Å². The second-order valence-electron chi connectivity index (χ2n) is 8.64. The molecule has 1 amide bonds. The number of nitrogens with two attached hydrogens (primary N) is 1. The number of likely N-dealkylation sites (tertiary alicyclic amines) is 1. The maximum atomic E-state index is 12.2. The number of primary sulfonamides is 1. The first kappa shape index (κ1) is 22.6. The number of ether oxygens (including phenoxy) is 1. The monoisotopic (exact) mass is 411 g/mol. The summed E-state index contributed by atoms with van der Waals surface area (Å²) in [5.74, 6) is 0.479. The van der Waals surface area contributed by atoms with Crippen LogP contribution in [0.1, 0.15) is 52.1 Å². The zero-order valence-electron chi connectivity index (χ0n) is 17.5. The van der Waals surface area contributed by atoms with E-state index >= 15 is 0 Å². The van der Waals surface area contributed by atoms with Crippen molar-refractivity contribution in [1.82, 2.24) is 9.80 Å². The Morgan fingerprint density at radius 3 is 2.46 bits per heavy atom. The zero-order chi connectivity index (χ0) is 21.1. The standard InChI is InChI=1S/C20H33N3O4S/c1-15(17-7-6-8-18(13-17)28(21,25)26)22(5)14-16-9-11-23(12-10-16)19(24)27-20(2,3)4/h6-8,13,15-16H,9-12,14H2,1-5H3,(H2,21,25,26)/t15-/m0/s1. The van der Waals surface area contributed by atoms with Crippen LogP contribution in [0.3, 0.4) is 0 Å². The van der Waals surface area contributed by atoms with E-state index in [1.54, 1.807) is 17.0 Å². The molecule has 7 nitrogen and oxygen atoms in total. The summed E-state index contributed by atoms with van der Waals surface area (Å²) in [6, 6.07) is 6.85. The van der Waals surface area contributed by atoms with Gasteiger partial charge in [-0.05, 0) is 71.2 Å². The number of hydrogen-bond acceptors (Lipinski definition) is 5. The number of benzene rings is 1. The molecule has 1 atom stereocenters. The van der Waals surface area contributed by atoms with Crippen molar-refractivity contribution in [3.05, 3.63) is 29.8 Å². The largest absolute Gasteiger partial charge is 0.444 e. The molecule has 0 spiro atoms. The van der Waals surface area contributed by atoms with Crippen LogP contribution in [0.4, 0.5) is 4.79 Å². The van der Waals surface area contributed by atoms with Crippen LogP contribution < -0.4 is 5.14 Å². The molecular weight excluding hydrogens is 378 g/mol. The number of amides is 1. The molecule has 1 heterocycles. The van der Waals surface area contributed by atoms with Gasteiger partial charge in [-0.2, -0.15) is 0 Å². The van der Waals surface area contributed by atoms with E-state index < -0.39 is 15.6 Å². The van der Waals surface area contributed by atoms with Crippen molar-refractivity contribution < 1.29 is 17.9 Å². The molecule has 1 aliphatic rings. The number of hydrogen-bond donors (Lipinski definition) is 1. The maximum absolute atomic E-state index is 12.2.